The lowest BCUT2D eigenvalue weighted by Crippen LogP contribution is -2.33. The maximum atomic E-state index is 14.9. The fourth-order valence-corrected chi connectivity index (χ4v) is 5.61. The minimum Gasteiger partial charge on any atom is -0.490 e. The fourth-order valence-electron chi connectivity index (χ4n) is 4.17. The molecule has 0 atom stereocenters. The van der Waals surface area contributed by atoms with E-state index in [0.717, 1.165) is 3.97 Å². The second-order valence-electron chi connectivity index (χ2n) is 10.6. The van der Waals surface area contributed by atoms with Crippen LogP contribution in [0.1, 0.15) is 26.3 Å². The summed E-state index contributed by atoms with van der Waals surface area (Å²) in [5.41, 5.74) is 1.27. The van der Waals surface area contributed by atoms with Gasteiger partial charge >= 0.3 is 6.09 Å². The Bertz CT molecular complexity index is 1660. The van der Waals surface area contributed by atoms with Crippen molar-refractivity contribution >= 4 is 16.1 Å². The number of ether oxygens (including phenoxy) is 3. The second kappa shape index (κ2) is 12.7. The minimum absolute atomic E-state index is 0.00839. The summed E-state index contributed by atoms with van der Waals surface area (Å²) in [6.45, 7) is 6.07. The van der Waals surface area contributed by atoms with Crippen molar-refractivity contribution in [1.82, 2.24) is 13.9 Å². The Kier molecular flexibility index (Phi) is 9.33. The van der Waals surface area contributed by atoms with Gasteiger partial charge in [0.2, 0.25) is 0 Å². The molecule has 4 aromatic rings. The van der Waals surface area contributed by atoms with Gasteiger partial charge in [0.1, 0.15) is 23.8 Å². The van der Waals surface area contributed by atoms with E-state index in [2.05, 4.69) is 4.98 Å². The third-order valence-corrected chi connectivity index (χ3v) is 7.78. The topological polar surface area (TPSA) is 100.0 Å². The average molecular weight is 596 g/mol. The van der Waals surface area contributed by atoms with E-state index >= 15 is 0 Å². The smallest absolute Gasteiger partial charge is 0.410 e. The van der Waals surface area contributed by atoms with E-state index in [4.69, 9.17) is 14.2 Å². The molecule has 0 fully saturated rings. The Hall–Kier alpha value is -4.22. The molecule has 42 heavy (non-hydrogen) atoms. The van der Waals surface area contributed by atoms with E-state index in [-0.39, 0.29) is 22.7 Å². The van der Waals surface area contributed by atoms with Crippen LogP contribution in [-0.2, 0) is 26.0 Å². The first kappa shape index (κ1) is 30.7. The normalized spacial score (nSPS) is 11.8. The number of rotatable bonds is 10. The van der Waals surface area contributed by atoms with Crippen LogP contribution in [0.15, 0.2) is 84.1 Å². The number of hydrogen-bond donors (Lipinski definition) is 0. The molecule has 4 rings (SSSR count). The molecule has 1 amide bonds. The first-order valence-corrected chi connectivity index (χ1v) is 14.7. The highest BCUT2D eigenvalue weighted by Gasteiger charge is 2.26. The number of pyridine rings is 1. The second-order valence-corrected chi connectivity index (χ2v) is 12.4. The number of halogens is 1. The minimum atomic E-state index is -4.21. The monoisotopic (exact) mass is 595 g/mol. The summed E-state index contributed by atoms with van der Waals surface area (Å²) in [4.78, 5) is 18.1. The molecule has 0 aliphatic carbocycles. The Balaban J connectivity index is 1.73. The lowest BCUT2D eigenvalue weighted by Gasteiger charge is -2.24. The standard InChI is InChI=1S/C31H34FN3O6S/c1-31(2,3)41-30(36)34(4)20-22-15-29(27-11-6-7-12-28(27)32)35(21-22)42(37,38)26-10-8-9-23(17-26)24-16-25(19-33-18-24)40-14-13-39-5/h6-12,15-19,21H,13-14,20H2,1-5H3. The van der Waals surface area contributed by atoms with Crippen LogP contribution in [-0.4, -0.2) is 61.3 Å². The van der Waals surface area contributed by atoms with Crippen LogP contribution < -0.4 is 4.74 Å². The third-order valence-electron chi connectivity index (χ3n) is 6.11. The number of amides is 1. The number of carbonyl (C=O) groups excluding carboxylic acids is 1. The zero-order valence-electron chi connectivity index (χ0n) is 24.2. The SMILES string of the molecule is COCCOc1cncc(-c2cccc(S(=O)(=O)n3cc(CN(C)C(=O)OC(C)(C)C)cc3-c3ccccc3F)c2)c1. The Morgan fingerprint density at radius 1 is 1.00 bits per heavy atom. The number of aromatic nitrogens is 2. The van der Waals surface area contributed by atoms with Gasteiger partial charge < -0.3 is 19.1 Å². The van der Waals surface area contributed by atoms with Crippen molar-refractivity contribution in [2.75, 3.05) is 27.4 Å². The van der Waals surface area contributed by atoms with E-state index in [1.54, 1.807) is 77.7 Å². The van der Waals surface area contributed by atoms with Crippen LogP contribution in [0.4, 0.5) is 9.18 Å². The Morgan fingerprint density at radius 3 is 2.48 bits per heavy atom. The van der Waals surface area contributed by atoms with Crippen molar-refractivity contribution in [3.63, 3.8) is 0 Å². The predicted molar refractivity (Wildman–Crippen MR) is 157 cm³/mol. The lowest BCUT2D eigenvalue weighted by atomic mass is 10.1. The lowest BCUT2D eigenvalue weighted by molar-refractivity contribution is 0.0285. The van der Waals surface area contributed by atoms with Crippen LogP contribution >= 0.6 is 0 Å². The zero-order valence-corrected chi connectivity index (χ0v) is 25.0. The van der Waals surface area contributed by atoms with Crippen molar-refractivity contribution in [2.24, 2.45) is 0 Å². The Labute approximate surface area is 245 Å². The summed E-state index contributed by atoms with van der Waals surface area (Å²) in [6, 6.07) is 15.7. The van der Waals surface area contributed by atoms with E-state index in [1.807, 2.05) is 0 Å². The summed E-state index contributed by atoms with van der Waals surface area (Å²) in [6.07, 6.45) is 4.01. The largest absolute Gasteiger partial charge is 0.490 e. The van der Waals surface area contributed by atoms with Gasteiger partial charge in [-0.1, -0.05) is 24.3 Å². The summed E-state index contributed by atoms with van der Waals surface area (Å²) in [7, 11) is -1.08. The van der Waals surface area contributed by atoms with Gasteiger partial charge in [-0.2, -0.15) is 0 Å². The molecule has 0 saturated heterocycles. The molecule has 222 valence electrons. The van der Waals surface area contributed by atoms with Gasteiger partial charge in [-0.25, -0.2) is 21.6 Å². The zero-order chi connectivity index (χ0) is 30.5. The average Bonchev–Trinajstić information content (AvgIpc) is 3.37. The molecule has 2 aromatic heterocycles. The Morgan fingerprint density at radius 2 is 1.76 bits per heavy atom. The van der Waals surface area contributed by atoms with Crippen LogP contribution in [0.3, 0.4) is 0 Å². The van der Waals surface area contributed by atoms with Crippen molar-refractivity contribution in [2.45, 2.75) is 37.8 Å². The molecule has 11 heteroatoms. The van der Waals surface area contributed by atoms with Crippen LogP contribution in [0.5, 0.6) is 5.75 Å². The van der Waals surface area contributed by atoms with Gasteiger partial charge in [-0.05, 0) is 68.3 Å². The van der Waals surface area contributed by atoms with Gasteiger partial charge in [-0.15, -0.1) is 0 Å². The summed E-state index contributed by atoms with van der Waals surface area (Å²) in [5.74, 6) is -0.0620. The van der Waals surface area contributed by atoms with Crippen LogP contribution in [0, 0.1) is 5.82 Å². The van der Waals surface area contributed by atoms with E-state index in [1.165, 1.54) is 41.4 Å². The molecular formula is C31H34FN3O6S. The van der Waals surface area contributed by atoms with Crippen molar-refractivity contribution in [3.05, 3.63) is 90.6 Å². The van der Waals surface area contributed by atoms with Crippen molar-refractivity contribution < 1.29 is 31.8 Å². The molecule has 0 aliphatic rings. The van der Waals surface area contributed by atoms with Gasteiger partial charge in [0, 0.05) is 37.7 Å². The molecule has 2 heterocycles. The number of methoxy groups -OCH3 is 1. The highest BCUT2D eigenvalue weighted by molar-refractivity contribution is 7.90. The first-order chi connectivity index (χ1) is 19.9. The fraction of sp³-hybridized carbons (Fsp3) is 0.290. The van der Waals surface area contributed by atoms with E-state index < -0.39 is 27.5 Å². The molecule has 0 N–H and O–H groups in total. The highest BCUT2D eigenvalue weighted by atomic mass is 32.2. The molecule has 9 nitrogen and oxygen atoms in total. The van der Waals surface area contributed by atoms with Gasteiger partial charge in [0.25, 0.3) is 10.0 Å². The number of carbonyl (C=O) groups is 1. The third kappa shape index (κ3) is 7.34. The van der Waals surface area contributed by atoms with E-state index in [0.29, 0.717) is 35.7 Å². The molecule has 0 radical (unpaired) electrons. The molecule has 0 bridgehead atoms. The van der Waals surface area contributed by atoms with Crippen LogP contribution in [0.2, 0.25) is 0 Å². The maximum absolute atomic E-state index is 14.9. The summed E-state index contributed by atoms with van der Waals surface area (Å²) in [5, 5.41) is 0. The van der Waals surface area contributed by atoms with Gasteiger partial charge in [0.05, 0.1) is 29.9 Å². The molecule has 0 aliphatic heterocycles. The van der Waals surface area contributed by atoms with E-state index in [9.17, 15) is 17.6 Å². The number of hydrogen-bond acceptors (Lipinski definition) is 7. The molecule has 0 unspecified atom stereocenters. The number of nitrogens with zero attached hydrogens (tertiary/aromatic N) is 3. The first-order valence-electron chi connectivity index (χ1n) is 13.2. The van der Waals surface area contributed by atoms with Gasteiger partial charge in [-0.3, -0.25) is 4.98 Å². The van der Waals surface area contributed by atoms with Crippen molar-refractivity contribution in [3.8, 4) is 28.1 Å². The van der Waals surface area contributed by atoms with Crippen LogP contribution in [0.25, 0.3) is 22.4 Å². The summed E-state index contributed by atoms with van der Waals surface area (Å²) >= 11 is 0. The summed E-state index contributed by atoms with van der Waals surface area (Å²) < 4.78 is 60.2. The molecule has 0 spiro atoms. The quantitative estimate of drug-likeness (QED) is 0.208. The predicted octanol–water partition coefficient (Wildman–Crippen LogP) is 5.99. The van der Waals surface area contributed by atoms with Gasteiger partial charge in [0.15, 0.2) is 0 Å². The highest BCUT2D eigenvalue weighted by Crippen LogP contribution is 2.31. The van der Waals surface area contributed by atoms with Crippen molar-refractivity contribution in [1.29, 1.82) is 0 Å². The molecule has 0 saturated carbocycles. The maximum Gasteiger partial charge on any atom is 0.410 e. The molecule has 2 aromatic carbocycles. The molecular weight excluding hydrogens is 561 g/mol. The number of benzene rings is 2.